The predicted molar refractivity (Wildman–Crippen MR) is 66.7 cm³/mol. The van der Waals surface area contributed by atoms with E-state index in [-0.39, 0.29) is 0 Å². The maximum atomic E-state index is 4.43. The molecule has 1 saturated carbocycles. The second-order valence-electron chi connectivity index (χ2n) is 5.40. The average Bonchev–Trinajstić information content (AvgIpc) is 2.99. The molecule has 4 heteroatoms. The van der Waals surface area contributed by atoms with Crippen LogP contribution in [0.25, 0.3) is 0 Å². The van der Waals surface area contributed by atoms with Gasteiger partial charge in [-0.3, -0.25) is 0 Å². The SMILES string of the molecule is CCC1NCCn2c(CC3CCCC3)nnc21. The minimum atomic E-state index is 0.411. The molecule has 0 radical (unpaired) electrons. The van der Waals surface area contributed by atoms with Crippen LogP contribution in [0.15, 0.2) is 0 Å². The third-order valence-corrected chi connectivity index (χ3v) is 4.25. The Bertz CT molecular complexity index is 379. The Morgan fingerprint density at radius 2 is 2.12 bits per heavy atom. The number of nitrogens with zero attached hydrogens (tertiary/aromatic N) is 3. The van der Waals surface area contributed by atoms with E-state index in [1.807, 2.05) is 0 Å². The van der Waals surface area contributed by atoms with Crippen LogP contribution in [0.2, 0.25) is 0 Å². The summed E-state index contributed by atoms with van der Waals surface area (Å²) in [7, 11) is 0. The van der Waals surface area contributed by atoms with Gasteiger partial charge in [-0.2, -0.15) is 0 Å². The van der Waals surface area contributed by atoms with E-state index in [0.29, 0.717) is 6.04 Å². The smallest absolute Gasteiger partial charge is 0.150 e. The molecule has 17 heavy (non-hydrogen) atoms. The molecular weight excluding hydrogens is 212 g/mol. The third-order valence-electron chi connectivity index (χ3n) is 4.25. The number of fused-ring (bicyclic) bond motifs is 1. The fourth-order valence-electron chi connectivity index (χ4n) is 3.24. The Hall–Kier alpha value is -0.900. The van der Waals surface area contributed by atoms with Crippen LogP contribution in [-0.2, 0) is 13.0 Å². The fraction of sp³-hybridized carbons (Fsp3) is 0.846. The van der Waals surface area contributed by atoms with Crippen LogP contribution in [0.5, 0.6) is 0 Å². The number of hydrogen-bond acceptors (Lipinski definition) is 3. The third kappa shape index (κ3) is 2.10. The zero-order valence-electron chi connectivity index (χ0n) is 10.7. The van der Waals surface area contributed by atoms with Crippen molar-refractivity contribution in [3.05, 3.63) is 11.6 Å². The highest BCUT2D eigenvalue weighted by molar-refractivity contribution is 5.05. The van der Waals surface area contributed by atoms with Crippen LogP contribution in [0, 0.1) is 5.92 Å². The predicted octanol–water partition coefficient (Wildman–Crippen LogP) is 2.07. The van der Waals surface area contributed by atoms with Gasteiger partial charge in [0.1, 0.15) is 11.6 Å². The highest BCUT2D eigenvalue weighted by Crippen LogP contribution is 2.28. The van der Waals surface area contributed by atoms with Crippen molar-refractivity contribution < 1.29 is 0 Å². The molecular formula is C13H22N4. The number of hydrogen-bond donors (Lipinski definition) is 1. The van der Waals surface area contributed by atoms with Gasteiger partial charge in [0, 0.05) is 19.5 Å². The van der Waals surface area contributed by atoms with Gasteiger partial charge in [-0.15, -0.1) is 10.2 Å². The molecule has 1 aliphatic heterocycles. The zero-order chi connectivity index (χ0) is 11.7. The van der Waals surface area contributed by atoms with E-state index in [0.717, 1.165) is 37.7 Å². The summed E-state index contributed by atoms with van der Waals surface area (Å²) in [6.07, 6.45) is 7.83. The van der Waals surface area contributed by atoms with Gasteiger partial charge in [0.25, 0.3) is 0 Å². The van der Waals surface area contributed by atoms with Gasteiger partial charge in [0.15, 0.2) is 0 Å². The van der Waals surface area contributed by atoms with Gasteiger partial charge in [0.2, 0.25) is 0 Å². The zero-order valence-corrected chi connectivity index (χ0v) is 10.7. The molecule has 1 fully saturated rings. The molecule has 2 heterocycles. The summed E-state index contributed by atoms with van der Waals surface area (Å²) >= 11 is 0. The highest BCUT2D eigenvalue weighted by Gasteiger charge is 2.25. The van der Waals surface area contributed by atoms with Gasteiger partial charge in [-0.25, -0.2) is 0 Å². The molecule has 1 aromatic heterocycles. The quantitative estimate of drug-likeness (QED) is 0.870. The molecule has 94 valence electrons. The van der Waals surface area contributed by atoms with Gasteiger partial charge < -0.3 is 9.88 Å². The molecule has 0 amide bonds. The lowest BCUT2D eigenvalue weighted by Gasteiger charge is -2.24. The lowest BCUT2D eigenvalue weighted by molar-refractivity contribution is 0.394. The maximum absolute atomic E-state index is 4.43. The molecule has 3 rings (SSSR count). The summed E-state index contributed by atoms with van der Waals surface area (Å²) in [5.74, 6) is 3.25. The van der Waals surface area contributed by atoms with E-state index in [4.69, 9.17) is 0 Å². The van der Waals surface area contributed by atoms with E-state index in [2.05, 4.69) is 27.0 Å². The minimum Gasteiger partial charge on any atom is -0.312 e. The Kier molecular flexibility index (Phi) is 3.14. The first-order chi connectivity index (χ1) is 8.38. The van der Waals surface area contributed by atoms with Crippen LogP contribution in [0.4, 0.5) is 0 Å². The summed E-state index contributed by atoms with van der Waals surface area (Å²) < 4.78 is 2.36. The van der Waals surface area contributed by atoms with Crippen molar-refractivity contribution in [2.24, 2.45) is 5.92 Å². The Morgan fingerprint density at radius 1 is 1.29 bits per heavy atom. The highest BCUT2D eigenvalue weighted by atomic mass is 15.3. The van der Waals surface area contributed by atoms with Crippen LogP contribution in [0.1, 0.15) is 56.7 Å². The van der Waals surface area contributed by atoms with Gasteiger partial charge in [-0.1, -0.05) is 32.6 Å². The maximum Gasteiger partial charge on any atom is 0.150 e. The molecule has 2 aliphatic rings. The van der Waals surface area contributed by atoms with E-state index in [1.54, 1.807) is 0 Å². The average molecular weight is 234 g/mol. The first-order valence-corrected chi connectivity index (χ1v) is 7.04. The van der Waals surface area contributed by atoms with E-state index >= 15 is 0 Å². The lowest BCUT2D eigenvalue weighted by Crippen LogP contribution is -2.34. The van der Waals surface area contributed by atoms with Crippen molar-refractivity contribution in [1.29, 1.82) is 0 Å². The number of rotatable bonds is 3. The van der Waals surface area contributed by atoms with Crippen LogP contribution < -0.4 is 5.32 Å². The molecule has 1 unspecified atom stereocenters. The molecule has 0 bridgehead atoms. The van der Waals surface area contributed by atoms with Crippen LogP contribution >= 0.6 is 0 Å². The van der Waals surface area contributed by atoms with Crippen molar-refractivity contribution in [1.82, 2.24) is 20.1 Å². The van der Waals surface area contributed by atoms with E-state index in [9.17, 15) is 0 Å². The van der Waals surface area contributed by atoms with Gasteiger partial charge in [-0.05, 0) is 12.3 Å². The lowest BCUT2D eigenvalue weighted by atomic mass is 10.0. The van der Waals surface area contributed by atoms with Crippen molar-refractivity contribution >= 4 is 0 Å². The van der Waals surface area contributed by atoms with Gasteiger partial charge in [0.05, 0.1) is 6.04 Å². The topological polar surface area (TPSA) is 42.7 Å². The summed E-state index contributed by atoms with van der Waals surface area (Å²) in [4.78, 5) is 0. The van der Waals surface area contributed by atoms with Crippen molar-refractivity contribution in [3.63, 3.8) is 0 Å². The van der Waals surface area contributed by atoms with Gasteiger partial charge >= 0.3 is 0 Å². The van der Waals surface area contributed by atoms with Crippen molar-refractivity contribution in [2.75, 3.05) is 6.54 Å². The molecule has 1 atom stereocenters. The van der Waals surface area contributed by atoms with Crippen LogP contribution in [0.3, 0.4) is 0 Å². The monoisotopic (exact) mass is 234 g/mol. The summed E-state index contributed by atoms with van der Waals surface area (Å²) in [5, 5.41) is 12.3. The fourth-order valence-corrected chi connectivity index (χ4v) is 3.24. The van der Waals surface area contributed by atoms with Crippen LogP contribution in [-0.4, -0.2) is 21.3 Å². The Labute approximate surface area is 103 Å². The summed E-state index contributed by atoms with van der Waals surface area (Å²) in [6, 6.07) is 0.411. The standard InChI is InChI=1S/C13H22N4/c1-2-11-13-16-15-12(17(13)8-7-14-11)9-10-5-3-4-6-10/h10-11,14H,2-9H2,1H3. The Morgan fingerprint density at radius 3 is 2.88 bits per heavy atom. The first kappa shape index (κ1) is 11.2. The Balaban J connectivity index is 1.79. The molecule has 1 N–H and O–H groups in total. The van der Waals surface area contributed by atoms with E-state index in [1.165, 1.54) is 31.5 Å². The number of nitrogens with one attached hydrogen (secondary N) is 1. The molecule has 0 spiro atoms. The summed E-state index contributed by atoms with van der Waals surface area (Å²) in [5.41, 5.74) is 0. The molecule has 1 aromatic rings. The first-order valence-electron chi connectivity index (χ1n) is 7.04. The molecule has 0 aromatic carbocycles. The van der Waals surface area contributed by atoms with E-state index < -0.39 is 0 Å². The van der Waals surface area contributed by atoms with Crippen molar-refractivity contribution in [2.45, 2.75) is 58.0 Å². The summed E-state index contributed by atoms with van der Waals surface area (Å²) in [6.45, 7) is 4.31. The molecule has 1 aliphatic carbocycles. The largest absolute Gasteiger partial charge is 0.312 e. The molecule has 4 nitrogen and oxygen atoms in total. The normalized spacial score (nSPS) is 25.1. The minimum absolute atomic E-state index is 0.411. The van der Waals surface area contributed by atoms with Crippen molar-refractivity contribution in [3.8, 4) is 0 Å². The second-order valence-corrected chi connectivity index (χ2v) is 5.40. The molecule has 0 saturated heterocycles. The second kappa shape index (κ2) is 4.77. The number of aromatic nitrogens is 3.